The average Bonchev–Trinajstić information content (AvgIpc) is 3.46. The number of nitrogens with one attached hydrogen (secondary N) is 1. The fourth-order valence-corrected chi connectivity index (χ4v) is 8.34. The van der Waals surface area contributed by atoms with Crippen molar-refractivity contribution in [1.82, 2.24) is 40.1 Å². The van der Waals surface area contributed by atoms with E-state index >= 15 is 0 Å². The van der Waals surface area contributed by atoms with Gasteiger partial charge in [0.05, 0.1) is 0 Å². The summed E-state index contributed by atoms with van der Waals surface area (Å²) < 4.78 is 0. The summed E-state index contributed by atoms with van der Waals surface area (Å²) in [5.41, 5.74) is 1.78. The Morgan fingerprint density at radius 1 is 0.549 bits per heavy atom. The molecule has 0 unspecified atom stereocenters. The molecule has 5 fully saturated rings. The highest BCUT2D eigenvalue weighted by atomic mass is 15.4. The Morgan fingerprint density at radius 3 is 1.48 bits per heavy atom. The van der Waals surface area contributed by atoms with Gasteiger partial charge in [0, 0.05) is 110 Å². The van der Waals surface area contributed by atoms with Crippen molar-refractivity contribution in [2.75, 3.05) is 120 Å². The topological polar surface area (TPSA) is 109 Å². The highest BCUT2D eigenvalue weighted by Gasteiger charge is 2.37. The summed E-state index contributed by atoms with van der Waals surface area (Å²) >= 11 is 0. The number of hydrazine groups is 1. The van der Waals surface area contributed by atoms with Gasteiger partial charge in [-0.2, -0.15) is 0 Å². The lowest BCUT2D eigenvalue weighted by molar-refractivity contribution is 0.0801. The summed E-state index contributed by atoms with van der Waals surface area (Å²) in [4.78, 5) is 29.6. The van der Waals surface area contributed by atoms with Gasteiger partial charge < -0.3 is 24.9 Å². The maximum absolute atomic E-state index is 5.87. The van der Waals surface area contributed by atoms with E-state index in [2.05, 4.69) is 110 Å². The van der Waals surface area contributed by atoms with E-state index in [1.807, 2.05) is 131 Å². The van der Waals surface area contributed by atoms with Crippen LogP contribution in [0.5, 0.6) is 0 Å². The third-order valence-electron chi connectivity index (χ3n) is 12.3. The minimum absolute atomic E-state index is 0.553. The molecule has 3 N–H and O–H groups in total. The summed E-state index contributed by atoms with van der Waals surface area (Å²) in [6.07, 6.45) is 20.6. The number of hydrogen-bond donors (Lipinski definition) is 2. The first kappa shape index (κ1) is 71.8. The Bertz CT molecular complexity index is 1440. The molecule has 8 heterocycles. The van der Waals surface area contributed by atoms with Crippen molar-refractivity contribution in [3.8, 4) is 0 Å². The van der Waals surface area contributed by atoms with Crippen molar-refractivity contribution in [1.29, 1.82) is 0 Å². The maximum atomic E-state index is 5.87. The summed E-state index contributed by atoms with van der Waals surface area (Å²) in [7, 11) is 2.23. The molecule has 414 valence electrons. The smallest absolute Gasteiger partial charge is 0.225 e. The third kappa shape index (κ3) is 32.4. The second-order valence-corrected chi connectivity index (χ2v) is 17.3. The molecule has 5 aliphatic heterocycles. The van der Waals surface area contributed by atoms with E-state index in [4.69, 9.17) is 5.84 Å². The second kappa shape index (κ2) is 50.1. The van der Waals surface area contributed by atoms with E-state index in [0.29, 0.717) is 5.41 Å². The first-order valence-electron chi connectivity index (χ1n) is 29.2. The van der Waals surface area contributed by atoms with E-state index in [9.17, 15) is 0 Å². The van der Waals surface area contributed by atoms with Gasteiger partial charge in [-0.3, -0.25) is 10.7 Å². The van der Waals surface area contributed by atoms with Gasteiger partial charge in [-0.1, -0.05) is 149 Å². The number of hydrogen-bond acceptors (Lipinski definition) is 12. The van der Waals surface area contributed by atoms with E-state index < -0.39 is 0 Å². The zero-order chi connectivity index (χ0) is 54.1. The number of aryl methyl sites for hydroxylation is 1. The van der Waals surface area contributed by atoms with Gasteiger partial charge in [-0.15, -0.1) is 0 Å². The zero-order valence-electron chi connectivity index (χ0n) is 50.1. The summed E-state index contributed by atoms with van der Waals surface area (Å²) in [6, 6.07) is 12.2. The maximum Gasteiger partial charge on any atom is 0.225 e. The van der Waals surface area contributed by atoms with Crippen LogP contribution in [0.3, 0.4) is 0 Å². The van der Waals surface area contributed by atoms with E-state index in [1.54, 1.807) is 0 Å². The largest absolute Gasteiger partial charge is 0.357 e. The van der Waals surface area contributed by atoms with Crippen LogP contribution in [0.4, 0.5) is 17.6 Å². The van der Waals surface area contributed by atoms with Crippen molar-refractivity contribution in [2.45, 2.75) is 182 Å². The molecule has 0 aromatic carbocycles. The van der Waals surface area contributed by atoms with Crippen LogP contribution in [-0.2, 0) is 0 Å². The lowest BCUT2D eigenvalue weighted by Gasteiger charge is -2.46. The molecule has 0 saturated carbocycles. The minimum atomic E-state index is 0.553. The Kier molecular flexibility index (Phi) is 50.7. The lowest BCUT2D eigenvalue weighted by atomic mass is 9.71. The van der Waals surface area contributed by atoms with Crippen LogP contribution in [0, 0.1) is 18.3 Å². The molecular weight excluding hydrogens is 877 g/mol. The number of rotatable bonds is 7. The Hall–Kier alpha value is -3.42. The number of nitrogens with zero attached hydrogens (tertiary/aromatic N) is 10. The normalized spacial score (nSPS) is 17.3. The van der Waals surface area contributed by atoms with Gasteiger partial charge in [0.1, 0.15) is 11.6 Å². The molecule has 5 saturated heterocycles. The number of piperidine rings is 3. The molecule has 0 aliphatic carbocycles. The fourth-order valence-electron chi connectivity index (χ4n) is 8.34. The summed E-state index contributed by atoms with van der Waals surface area (Å²) in [6.45, 7) is 51.6. The number of nitrogens with two attached hydrogens (primary N) is 1. The molecule has 3 aromatic heterocycles. The predicted octanol–water partition coefficient (Wildman–Crippen LogP) is 13.1. The van der Waals surface area contributed by atoms with Crippen molar-refractivity contribution in [2.24, 2.45) is 17.2 Å². The SMILES string of the molecule is CC.CC.CC.CC.CC.CC.CCC.CCCCC.CN1CCC(CN2CCN(c3ncccn3)CC2)CC1.Cc1ccc(N2CCC3(CCN(N)CC3)CC2)nc1.c1ccc(N2CCNCC2)nc1. The van der Waals surface area contributed by atoms with Gasteiger partial charge >= 0.3 is 0 Å². The van der Waals surface area contributed by atoms with Crippen LogP contribution in [0.15, 0.2) is 61.2 Å². The average molecular weight is 996 g/mol. The van der Waals surface area contributed by atoms with Gasteiger partial charge in [0.2, 0.25) is 5.95 Å². The van der Waals surface area contributed by atoms with Crippen LogP contribution in [0.2, 0.25) is 0 Å². The van der Waals surface area contributed by atoms with Gasteiger partial charge in [0.25, 0.3) is 0 Å². The number of likely N-dealkylation sites (tertiary alicyclic amines) is 1. The molecular formula is C59H118N12. The standard InChI is InChI=1S/C15H25N5.C15H24N4.C9H13N3.C5H12.C3H8.6C2H6/c1-18-7-3-14(4-8-18)13-19-9-11-20(12-10-19)15-16-5-2-6-17-15;1-13-2-3-14(17-12-13)18-8-4-15(5-9-18)6-10-19(16)11-7-15;1-2-4-11-9(3-1)12-7-5-10-6-8-12;1-3-5-4-2;1-3-2;6*1-2/h2,5-6,14H,3-4,7-13H2,1H3;2-3,12H,4-11,16H2,1H3;1-4,10H,5-8H2;3-5H2,1-2H3;3H2,1-2H3;6*1-2H3. The van der Waals surface area contributed by atoms with Crippen molar-refractivity contribution in [3.05, 3.63) is 66.7 Å². The molecule has 0 atom stereocenters. The van der Waals surface area contributed by atoms with Gasteiger partial charge in [-0.25, -0.2) is 24.9 Å². The van der Waals surface area contributed by atoms with E-state index in [0.717, 1.165) is 102 Å². The molecule has 1 spiro atoms. The van der Waals surface area contributed by atoms with Crippen LogP contribution >= 0.6 is 0 Å². The molecule has 3 aromatic rings. The van der Waals surface area contributed by atoms with Crippen molar-refractivity contribution >= 4 is 17.6 Å². The minimum Gasteiger partial charge on any atom is -0.357 e. The Morgan fingerprint density at radius 2 is 1.03 bits per heavy atom. The lowest BCUT2D eigenvalue weighted by Crippen LogP contribution is -2.49. The zero-order valence-corrected chi connectivity index (χ0v) is 50.1. The number of anilines is 3. The molecule has 0 bridgehead atoms. The highest BCUT2D eigenvalue weighted by molar-refractivity contribution is 5.40. The molecule has 8 rings (SSSR count). The van der Waals surface area contributed by atoms with E-state index in [1.165, 1.54) is 89.4 Å². The second-order valence-electron chi connectivity index (χ2n) is 17.3. The van der Waals surface area contributed by atoms with Crippen LogP contribution in [0.25, 0.3) is 0 Å². The van der Waals surface area contributed by atoms with E-state index in [-0.39, 0.29) is 0 Å². The van der Waals surface area contributed by atoms with Crippen LogP contribution < -0.4 is 25.9 Å². The Labute approximate surface area is 441 Å². The fraction of sp³-hybridized carbons (Fsp3) is 0.763. The quantitative estimate of drug-likeness (QED) is 0.220. The molecule has 71 heavy (non-hydrogen) atoms. The highest BCUT2D eigenvalue weighted by Crippen LogP contribution is 2.41. The molecule has 0 amide bonds. The first-order chi connectivity index (χ1) is 34.8. The number of piperazine rings is 2. The summed E-state index contributed by atoms with van der Waals surface area (Å²) in [5.74, 6) is 9.88. The third-order valence-corrected chi connectivity index (χ3v) is 12.3. The molecule has 12 nitrogen and oxygen atoms in total. The number of aromatic nitrogens is 4. The Balaban J connectivity index is -0.000000838. The predicted molar refractivity (Wildman–Crippen MR) is 317 cm³/mol. The first-order valence-corrected chi connectivity index (χ1v) is 29.2. The van der Waals surface area contributed by atoms with Crippen molar-refractivity contribution in [3.63, 3.8) is 0 Å². The van der Waals surface area contributed by atoms with Crippen LogP contribution in [0.1, 0.15) is 181 Å². The molecule has 5 aliphatic rings. The van der Waals surface area contributed by atoms with Crippen LogP contribution in [-0.4, -0.2) is 140 Å². The van der Waals surface area contributed by atoms with Crippen molar-refractivity contribution < 1.29 is 0 Å². The number of pyridine rings is 2. The summed E-state index contributed by atoms with van der Waals surface area (Å²) in [5, 5.41) is 5.29. The van der Waals surface area contributed by atoms with Gasteiger partial charge in [0.15, 0.2) is 0 Å². The molecule has 12 heteroatoms. The van der Waals surface area contributed by atoms with Gasteiger partial charge in [-0.05, 0) is 107 Å². The molecule has 0 radical (unpaired) electrons. The number of unbranched alkanes of at least 4 members (excludes halogenated alkanes) is 2. The monoisotopic (exact) mass is 995 g/mol.